The third-order valence-electron chi connectivity index (χ3n) is 3.54. The average molecular weight is 374 g/mol. The molecule has 1 aliphatic heterocycles. The normalized spacial score (nSPS) is 16.3. The van der Waals surface area contributed by atoms with E-state index in [0.29, 0.717) is 12.1 Å². The summed E-state index contributed by atoms with van der Waals surface area (Å²) in [5, 5.41) is 13.2. The standard InChI is InChI=1S/C14H19IN2O2/c1-2-17(11-5-7-16-8-6-11)14(19)12-9-10(15)3-4-13(12)18/h3-4,9,11,16,18H,2,5-8H2,1H3. The first-order valence-electron chi connectivity index (χ1n) is 6.63. The second kappa shape index (κ2) is 6.56. The SMILES string of the molecule is CCN(C(=O)c1cc(I)ccc1O)C1CCNCC1. The van der Waals surface area contributed by atoms with Crippen LogP contribution in [0.1, 0.15) is 30.1 Å². The van der Waals surface area contributed by atoms with Crippen LogP contribution in [0.25, 0.3) is 0 Å². The van der Waals surface area contributed by atoms with E-state index < -0.39 is 0 Å². The molecule has 1 saturated heterocycles. The van der Waals surface area contributed by atoms with Crippen molar-refractivity contribution in [3.8, 4) is 5.75 Å². The minimum atomic E-state index is -0.0644. The van der Waals surface area contributed by atoms with Gasteiger partial charge in [-0.1, -0.05) is 0 Å². The van der Waals surface area contributed by atoms with E-state index in [2.05, 4.69) is 27.9 Å². The first kappa shape index (κ1) is 14.6. The number of carbonyl (C=O) groups is 1. The number of phenolic OH excluding ortho intramolecular Hbond substituents is 1. The number of rotatable bonds is 3. The van der Waals surface area contributed by atoms with E-state index >= 15 is 0 Å². The number of hydrogen-bond acceptors (Lipinski definition) is 3. The van der Waals surface area contributed by atoms with Crippen molar-refractivity contribution in [3.05, 3.63) is 27.3 Å². The highest BCUT2D eigenvalue weighted by molar-refractivity contribution is 14.1. The monoisotopic (exact) mass is 374 g/mol. The van der Waals surface area contributed by atoms with E-state index in [0.717, 1.165) is 29.5 Å². The second-order valence-corrected chi connectivity index (χ2v) is 5.98. The molecule has 1 fully saturated rings. The molecule has 5 heteroatoms. The number of aromatic hydroxyl groups is 1. The lowest BCUT2D eigenvalue weighted by Gasteiger charge is -2.34. The largest absolute Gasteiger partial charge is 0.507 e. The molecule has 1 heterocycles. The molecule has 0 saturated carbocycles. The van der Waals surface area contributed by atoms with Gasteiger partial charge in [0.15, 0.2) is 0 Å². The van der Waals surface area contributed by atoms with Gasteiger partial charge in [-0.05, 0) is 73.6 Å². The van der Waals surface area contributed by atoms with Crippen LogP contribution in [0.15, 0.2) is 18.2 Å². The fraction of sp³-hybridized carbons (Fsp3) is 0.500. The van der Waals surface area contributed by atoms with Crippen molar-refractivity contribution in [2.45, 2.75) is 25.8 Å². The molecule has 2 N–H and O–H groups in total. The highest BCUT2D eigenvalue weighted by atomic mass is 127. The smallest absolute Gasteiger partial charge is 0.257 e. The Morgan fingerprint density at radius 2 is 2.16 bits per heavy atom. The maximum atomic E-state index is 12.6. The maximum absolute atomic E-state index is 12.6. The van der Waals surface area contributed by atoms with Gasteiger partial charge in [-0.25, -0.2) is 0 Å². The summed E-state index contributed by atoms with van der Waals surface area (Å²) in [5.41, 5.74) is 0.410. The quantitative estimate of drug-likeness (QED) is 0.798. The Kier molecular flexibility index (Phi) is 5.04. The zero-order valence-electron chi connectivity index (χ0n) is 11.0. The third-order valence-corrected chi connectivity index (χ3v) is 4.21. The number of halogens is 1. The summed E-state index contributed by atoms with van der Waals surface area (Å²) >= 11 is 2.15. The lowest BCUT2D eigenvalue weighted by atomic mass is 10.0. The van der Waals surface area contributed by atoms with Gasteiger partial charge in [0.25, 0.3) is 5.91 Å². The molecule has 1 amide bonds. The van der Waals surface area contributed by atoms with Gasteiger partial charge < -0.3 is 15.3 Å². The Morgan fingerprint density at radius 1 is 1.47 bits per heavy atom. The number of carbonyl (C=O) groups excluding carboxylic acids is 1. The summed E-state index contributed by atoms with van der Waals surface area (Å²) in [4.78, 5) is 14.5. The minimum absolute atomic E-state index is 0.0644. The van der Waals surface area contributed by atoms with E-state index in [9.17, 15) is 9.90 Å². The number of amides is 1. The summed E-state index contributed by atoms with van der Waals surface area (Å²) in [5.74, 6) is 0.00298. The maximum Gasteiger partial charge on any atom is 0.257 e. The molecular formula is C14H19IN2O2. The Labute approximate surface area is 127 Å². The first-order chi connectivity index (χ1) is 9.13. The summed E-state index contributed by atoms with van der Waals surface area (Å²) in [6, 6.07) is 5.41. The van der Waals surface area contributed by atoms with E-state index in [1.54, 1.807) is 18.2 Å². The van der Waals surface area contributed by atoms with Crippen LogP contribution in [-0.4, -0.2) is 41.6 Å². The number of nitrogens with zero attached hydrogens (tertiary/aromatic N) is 1. The number of piperidine rings is 1. The van der Waals surface area contributed by atoms with E-state index in [1.807, 2.05) is 11.8 Å². The lowest BCUT2D eigenvalue weighted by Crippen LogP contribution is -2.46. The molecule has 19 heavy (non-hydrogen) atoms. The van der Waals surface area contributed by atoms with E-state index in [1.165, 1.54) is 0 Å². The van der Waals surface area contributed by atoms with Crippen LogP contribution in [0.5, 0.6) is 5.75 Å². The molecule has 0 aromatic heterocycles. The molecule has 2 rings (SSSR count). The van der Waals surface area contributed by atoms with Gasteiger partial charge in [0.1, 0.15) is 5.75 Å². The van der Waals surface area contributed by atoms with Crippen molar-refractivity contribution in [1.29, 1.82) is 0 Å². The molecule has 0 radical (unpaired) electrons. The summed E-state index contributed by atoms with van der Waals surface area (Å²) in [6.45, 7) is 4.57. The van der Waals surface area contributed by atoms with Gasteiger partial charge in [-0.3, -0.25) is 4.79 Å². The second-order valence-electron chi connectivity index (χ2n) is 4.73. The van der Waals surface area contributed by atoms with E-state index in [4.69, 9.17) is 0 Å². The van der Waals surface area contributed by atoms with Gasteiger partial charge in [0.2, 0.25) is 0 Å². The topological polar surface area (TPSA) is 52.6 Å². The van der Waals surface area contributed by atoms with Crippen molar-refractivity contribution < 1.29 is 9.90 Å². The van der Waals surface area contributed by atoms with Gasteiger partial charge in [0.05, 0.1) is 5.56 Å². The number of benzene rings is 1. The predicted molar refractivity (Wildman–Crippen MR) is 83.4 cm³/mol. The van der Waals surface area contributed by atoms with Crippen LogP contribution >= 0.6 is 22.6 Å². The molecule has 104 valence electrons. The molecule has 4 nitrogen and oxygen atoms in total. The summed E-state index contributed by atoms with van der Waals surface area (Å²) < 4.78 is 0.958. The van der Waals surface area contributed by atoms with Gasteiger partial charge >= 0.3 is 0 Å². The zero-order chi connectivity index (χ0) is 13.8. The molecule has 0 bridgehead atoms. The van der Waals surface area contributed by atoms with Crippen molar-refractivity contribution in [2.75, 3.05) is 19.6 Å². The van der Waals surface area contributed by atoms with Crippen LogP contribution in [-0.2, 0) is 0 Å². The highest BCUT2D eigenvalue weighted by Crippen LogP contribution is 2.23. The van der Waals surface area contributed by atoms with Crippen molar-refractivity contribution in [1.82, 2.24) is 10.2 Å². The van der Waals surface area contributed by atoms with Crippen LogP contribution < -0.4 is 5.32 Å². The van der Waals surface area contributed by atoms with E-state index in [-0.39, 0.29) is 17.7 Å². The molecule has 0 unspecified atom stereocenters. The zero-order valence-corrected chi connectivity index (χ0v) is 13.2. The van der Waals surface area contributed by atoms with Crippen molar-refractivity contribution >= 4 is 28.5 Å². The summed E-state index contributed by atoms with van der Waals surface area (Å²) in [6.07, 6.45) is 1.95. The lowest BCUT2D eigenvalue weighted by molar-refractivity contribution is 0.0653. The fourth-order valence-electron chi connectivity index (χ4n) is 2.52. The summed E-state index contributed by atoms with van der Waals surface area (Å²) in [7, 11) is 0. The van der Waals surface area contributed by atoms with Gasteiger partial charge in [-0.15, -0.1) is 0 Å². The molecule has 0 atom stereocenters. The fourth-order valence-corrected chi connectivity index (χ4v) is 3.01. The Balaban J connectivity index is 2.22. The van der Waals surface area contributed by atoms with Crippen LogP contribution in [0.4, 0.5) is 0 Å². The van der Waals surface area contributed by atoms with Crippen LogP contribution in [0.2, 0.25) is 0 Å². The molecule has 1 aliphatic rings. The first-order valence-corrected chi connectivity index (χ1v) is 7.71. The van der Waals surface area contributed by atoms with Gasteiger partial charge in [0, 0.05) is 16.2 Å². The molecule has 0 aliphatic carbocycles. The van der Waals surface area contributed by atoms with Crippen LogP contribution in [0.3, 0.4) is 0 Å². The van der Waals surface area contributed by atoms with Crippen molar-refractivity contribution in [3.63, 3.8) is 0 Å². The highest BCUT2D eigenvalue weighted by Gasteiger charge is 2.26. The predicted octanol–water partition coefficient (Wildman–Crippen LogP) is 2.21. The van der Waals surface area contributed by atoms with Crippen LogP contribution in [0, 0.1) is 3.57 Å². The molecule has 1 aromatic carbocycles. The van der Waals surface area contributed by atoms with Crippen molar-refractivity contribution in [2.24, 2.45) is 0 Å². The number of nitrogens with one attached hydrogen (secondary N) is 1. The number of hydrogen-bond donors (Lipinski definition) is 2. The molecule has 0 spiro atoms. The average Bonchev–Trinajstić information content (AvgIpc) is 2.43. The Morgan fingerprint density at radius 3 is 2.79 bits per heavy atom. The Bertz CT molecular complexity index is 459. The number of phenols is 1. The Hall–Kier alpha value is -0.820. The molecule has 1 aromatic rings. The minimum Gasteiger partial charge on any atom is -0.507 e. The third kappa shape index (κ3) is 3.39. The van der Waals surface area contributed by atoms with Gasteiger partial charge in [-0.2, -0.15) is 0 Å². The molecular weight excluding hydrogens is 355 g/mol.